The number of aryl methyl sites for hydroxylation is 2. The van der Waals surface area contributed by atoms with Crippen LogP contribution >= 0.6 is 0 Å². The van der Waals surface area contributed by atoms with Gasteiger partial charge < -0.3 is 5.73 Å². The average Bonchev–Trinajstić information content (AvgIpc) is 2.44. The second-order valence-electron chi connectivity index (χ2n) is 4.05. The number of anilines is 1. The minimum absolute atomic E-state index is 0.0308. The van der Waals surface area contributed by atoms with Crippen molar-refractivity contribution in [3.05, 3.63) is 11.3 Å². The van der Waals surface area contributed by atoms with Gasteiger partial charge in [-0.3, -0.25) is 9.69 Å². The van der Waals surface area contributed by atoms with Crippen molar-refractivity contribution in [2.75, 3.05) is 11.9 Å². The third-order valence-corrected chi connectivity index (χ3v) is 3.01. The first-order valence-corrected chi connectivity index (χ1v) is 5.09. The molecule has 0 bridgehead atoms. The second kappa shape index (κ2) is 3.34. The number of carbonyl (C=O) groups is 1. The first kappa shape index (κ1) is 10.2. The summed E-state index contributed by atoms with van der Waals surface area (Å²) in [7, 11) is 1.76. The minimum atomic E-state index is -0.406. The van der Waals surface area contributed by atoms with Gasteiger partial charge in [-0.15, -0.1) is 0 Å². The van der Waals surface area contributed by atoms with Crippen LogP contribution in [0.25, 0.3) is 0 Å². The van der Waals surface area contributed by atoms with E-state index >= 15 is 0 Å². The van der Waals surface area contributed by atoms with Crippen molar-refractivity contribution in [3.63, 3.8) is 0 Å². The van der Waals surface area contributed by atoms with Gasteiger partial charge in [0, 0.05) is 19.2 Å². The van der Waals surface area contributed by atoms with Gasteiger partial charge in [0.2, 0.25) is 5.91 Å². The third-order valence-electron chi connectivity index (χ3n) is 3.01. The molecule has 1 amide bonds. The summed E-state index contributed by atoms with van der Waals surface area (Å²) >= 11 is 0. The van der Waals surface area contributed by atoms with Crippen LogP contribution in [0.1, 0.15) is 17.7 Å². The fraction of sp³-hybridized carbons (Fsp3) is 0.600. The van der Waals surface area contributed by atoms with Crippen molar-refractivity contribution < 1.29 is 4.79 Å². The van der Waals surface area contributed by atoms with E-state index in [1.165, 1.54) is 0 Å². The van der Waals surface area contributed by atoms with Crippen molar-refractivity contribution in [1.29, 1.82) is 0 Å². The van der Waals surface area contributed by atoms with E-state index in [0.717, 1.165) is 17.1 Å². The molecule has 2 rings (SSSR count). The fourth-order valence-electron chi connectivity index (χ4n) is 1.98. The number of aromatic nitrogens is 2. The van der Waals surface area contributed by atoms with Gasteiger partial charge >= 0.3 is 0 Å². The van der Waals surface area contributed by atoms with Crippen LogP contribution in [0.15, 0.2) is 0 Å². The SMILES string of the molecule is Cc1nn2c(c1C)N(C)C(=O)C(N)CC2. The molecule has 0 aliphatic carbocycles. The number of hydrogen-bond donors (Lipinski definition) is 1. The number of nitrogens with zero attached hydrogens (tertiary/aromatic N) is 3. The Morgan fingerprint density at radius 3 is 2.80 bits per heavy atom. The molecule has 15 heavy (non-hydrogen) atoms. The van der Waals surface area contributed by atoms with Crippen LogP contribution in [-0.2, 0) is 11.3 Å². The summed E-state index contributed by atoms with van der Waals surface area (Å²) < 4.78 is 1.87. The van der Waals surface area contributed by atoms with Crippen molar-refractivity contribution in [2.45, 2.75) is 32.9 Å². The molecule has 0 fully saturated rings. The van der Waals surface area contributed by atoms with E-state index in [0.29, 0.717) is 13.0 Å². The predicted molar refractivity (Wildman–Crippen MR) is 57.7 cm³/mol. The zero-order valence-corrected chi connectivity index (χ0v) is 9.32. The first-order chi connectivity index (χ1) is 7.02. The lowest BCUT2D eigenvalue weighted by Gasteiger charge is -2.17. The molecular formula is C10H16N4O. The van der Waals surface area contributed by atoms with Gasteiger partial charge in [-0.2, -0.15) is 5.10 Å². The summed E-state index contributed by atoms with van der Waals surface area (Å²) in [4.78, 5) is 13.4. The van der Waals surface area contributed by atoms with Crippen LogP contribution in [0.3, 0.4) is 0 Å². The number of amides is 1. The number of carbonyl (C=O) groups excluding carboxylic acids is 1. The highest BCUT2D eigenvalue weighted by Crippen LogP contribution is 2.25. The van der Waals surface area contributed by atoms with E-state index in [9.17, 15) is 4.79 Å². The highest BCUT2D eigenvalue weighted by Gasteiger charge is 2.28. The molecule has 5 heteroatoms. The molecule has 0 spiro atoms. The Balaban J connectivity index is 2.52. The zero-order valence-electron chi connectivity index (χ0n) is 9.32. The maximum Gasteiger partial charge on any atom is 0.244 e. The summed E-state index contributed by atoms with van der Waals surface area (Å²) in [6.45, 7) is 4.64. The molecule has 0 saturated heterocycles. The summed E-state index contributed by atoms with van der Waals surface area (Å²) in [5.41, 5.74) is 7.79. The molecule has 82 valence electrons. The van der Waals surface area contributed by atoms with Crippen molar-refractivity contribution in [3.8, 4) is 0 Å². The van der Waals surface area contributed by atoms with Crippen LogP contribution in [0.5, 0.6) is 0 Å². The van der Waals surface area contributed by atoms with E-state index in [1.807, 2.05) is 18.5 Å². The normalized spacial score (nSPS) is 21.5. The molecule has 2 N–H and O–H groups in total. The number of fused-ring (bicyclic) bond motifs is 1. The number of likely N-dealkylation sites (N-methyl/N-ethyl adjacent to an activating group) is 1. The van der Waals surface area contributed by atoms with Gasteiger partial charge in [0.25, 0.3) is 0 Å². The maximum absolute atomic E-state index is 11.8. The van der Waals surface area contributed by atoms with Gasteiger partial charge in [0.15, 0.2) is 0 Å². The number of nitrogens with two attached hydrogens (primary N) is 1. The molecule has 1 unspecified atom stereocenters. The smallest absolute Gasteiger partial charge is 0.244 e. The standard InChI is InChI=1S/C10H16N4O/c1-6-7(2)12-14-5-4-8(11)10(15)13(3)9(6)14/h8H,4-5,11H2,1-3H3. The number of rotatable bonds is 0. The van der Waals surface area contributed by atoms with Crippen molar-refractivity contribution >= 4 is 11.7 Å². The highest BCUT2D eigenvalue weighted by molar-refractivity contribution is 5.96. The molecule has 0 aromatic carbocycles. The Hall–Kier alpha value is -1.36. The van der Waals surface area contributed by atoms with Gasteiger partial charge in [-0.05, 0) is 20.3 Å². The Morgan fingerprint density at radius 2 is 2.13 bits per heavy atom. The van der Waals surface area contributed by atoms with E-state index in [-0.39, 0.29) is 5.91 Å². The van der Waals surface area contributed by atoms with E-state index < -0.39 is 6.04 Å². The van der Waals surface area contributed by atoms with Crippen LogP contribution in [0.2, 0.25) is 0 Å². The molecule has 1 aliphatic rings. The number of hydrogen-bond acceptors (Lipinski definition) is 3. The lowest BCUT2D eigenvalue weighted by molar-refractivity contribution is -0.119. The molecule has 1 atom stereocenters. The Kier molecular flexibility index (Phi) is 2.26. The molecule has 1 aromatic rings. The van der Waals surface area contributed by atoms with E-state index in [2.05, 4.69) is 5.10 Å². The summed E-state index contributed by atoms with van der Waals surface area (Å²) in [5, 5.41) is 4.40. The predicted octanol–water partition coefficient (Wildman–Crippen LogP) is 0.194. The molecule has 5 nitrogen and oxygen atoms in total. The topological polar surface area (TPSA) is 64.2 Å². The van der Waals surface area contributed by atoms with Crippen molar-refractivity contribution in [1.82, 2.24) is 9.78 Å². The van der Waals surface area contributed by atoms with Gasteiger partial charge in [-0.1, -0.05) is 0 Å². The third kappa shape index (κ3) is 1.43. The Bertz CT molecular complexity index is 410. The van der Waals surface area contributed by atoms with Gasteiger partial charge in [0.05, 0.1) is 11.7 Å². The Labute approximate surface area is 88.8 Å². The largest absolute Gasteiger partial charge is 0.320 e. The van der Waals surface area contributed by atoms with E-state index in [4.69, 9.17) is 5.73 Å². The minimum Gasteiger partial charge on any atom is -0.320 e. The summed E-state index contributed by atoms with van der Waals surface area (Å²) in [5.74, 6) is 0.849. The lowest BCUT2D eigenvalue weighted by atomic mass is 10.2. The van der Waals surface area contributed by atoms with E-state index in [1.54, 1.807) is 11.9 Å². The first-order valence-electron chi connectivity index (χ1n) is 5.09. The quantitative estimate of drug-likeness (QED) is 0.662. The fourth-order valence-corrected chi connectivity index (χ4v) is 1.98. The highest BCUT2D eigenvalue weighted by atomic mass is 16.2. The summed E-state index contributed by atoms with van der Waals surface area (Å²) in [6.07, 6.45) is 0.650. The molecule has 2 heterocycles. The van der Waals surface area contributed by atoms with Crippen LogP contribution in [-0.4, -0.2) is 28.8 Å². The van der Waals surface area contributed by atoms with Crippen molar-refractivity contribution in [2.24, 2.45) is 5.73 Å². The van der Waals surface area contributed by atoms with Crippen LogP contribution in [0, 0.1) is 13.8 Å². The monoisotopic (exact) mass is 208 g/mol. The van der Waals surface area contributed by atoms with Crippen LogP contribution in [0.4, 0.5) is 5.82 Å². The maximum atomic E-state index is 11.8. The molecule has 0 radical (unpaired) electrons. The second-order valence-corrected chi connectivity index (χ2v) is 4.05. The lowest BCUT2D eigenvalue weighted by Crippen LogP contribution is -2.40. The molecular weight excluding hydrogens is 192 g/mol. The van der Waals surface area contributed by atoms with Crippen LogP contribution < -0.4 is 10.6 Å². The zero-order chi connectivity index (χ0) is 11.2. The summed E-state index contributed by atoms with van der Waals surface area (Å²) in [6, 6.07) is -0.406. The van der Waals surface area contributed by atoms with Gasteiger partial charge in [-0.25, -0.2) is 4.68 Å². The van der Waals surface area contributed by atoms with Gasteiger partial charge in [0.1, 0.15) is 5.82 Å². The average molecular weight is 208 g/mol. The Morgan fingerprint density at radius 1 is 1.47 bits per heavy atom. The molecule has 1 aromatic heterocycles. The molecule has 1 aliphatic heterocycles. The molecule has 0 saturated carbocycles.